The first-order chi connectivity index (χ1) is 14.5. The Bertz CT molecular complexity index is 1290. The van der Waals surface area contributed by atoms with E-state index in [2.05, 4.69) is 22.8 Å². The first kappa shape index (κ1) is 18.4. The van der Waals surface area contributed by atoms with Gasteiger partial charge in [-0.05, 0) is 35.9 Å². The molecule has 1 aliphatic heterocycles. The molecule has 4 aromatic rings. The lowest BCUT2D eigenvalue weighted by atomic mass is 10.0. The van der Waals surface area contributed by atoms with Gasteiger partial charge in [-0.2, -0.15) is 13.2 Å². The lowest BCUT2D eigenvalue weighted by Crippen LogP contribution is -2.18. The molecule has 0 N–H and O–H groups in total. The average molecular weight is 402 g/mol. The summed E-state index contributed by atoms with van der Waals surface area (Å²) < 4.78 is 41.5. The number of benzene rings is 3. The highest BCUT2D eigenvalue weighted by Crippen LogP contribution is 2.32. The van der Waals surface area contributed by atoms with Gasteiger partial charge >= 0.3 is 6.18 Å². The number of rotatable bonds is 2. The molecule has 0 unspecified atom stereocenters. The van der Waals surface area contributed by atoms with Gasteiger partial charge < -0.3 is 4.57 Å². The lowest BCUT2D eigenvalue weighted by molar-refractivity contribution is -0.137. The molecule has 5 rings (SSSR count). The van der Waals surface area contributed by atoms with E-state index < -0.39 is 11.7 Å². The number of aliphatic imine (C=N–C) groups is 1. The Morgan fingerprint density at radius 3 is 2.40 bits per heavy atom. The van der Waals surface area contributed by atoms with Crippen LogP contribution in [-0.4, -0.2) is 10.3 Å². The van der Waals surface area contributed by atoms with Crippen molar-refractivity contribution in [1.82, 2.24) is 4.57 Å². The fraction of sp³-hybridized carbons (Fsp3) is 0.0800. The molecule has 0 aliphatic carbocycles. The van der Waals surface area contributed by atoms with Crippen LogP contribution in [-0.2, 0) is 12.7 Å². The van der Waals surface area contributed by atoms with Crippen LogP contribution in [0.2, 0.25) is 0 Å². The van der Waals surface area contributed by atoms with Crippen LogP contribution < -0.4 is 0 Å². The van der Waals surface area contributed by atoms with Gasteiger partial charge in [0.25, 0.3) is 0 Å². The Kier molecular flexibility index (Phi) is 4.31. The maximum Gasteiger partial charge on any atom is 0.416 e. The van der Waals surface area contributed by atoms with Crippen molar-refractivity contribution in [2.75, 3.05) is 0 Å². The van der Waals surface area contributed by atoms with Gasteiger partial charge in [0, 0.05) is 16.5 Å². The van der Waals surface area contributed by atoms with Crippen LogP contribution in [0.1, 0.15) is 22.4 Å². The fourth-order valence-corrected chi connectivity index (χ4v) is 3.86. The van der Waals surface area contributed by atoms with E-state index in [0.717, 1.165) is 40.0 Å². The number of para-hydroxylation sites is 1. The average Bonchev–Trinajstić information content (AvgIpc) is 3.12. The van der Waals surface area contributed by atoms with E-state index in [1.54, 1.807) is 12.1 Å². The summed E-state index contributed by atoms with van der Waals surface area (Å²) in [6.45, 7) is 0.495. The Labute approximate surface area is 171 Å². The minimum Gasteiger partial charge on any atom is -0.333 e. The van der Waals surface area contributed by atoms with Crippen LogP contribution in [0.25, 0.3) is 17.0 Å². The van der Waals surface area contributed by atoms with Crippen molar-refractivity contribution in [2.24, 2.45) is 4.99 Å². The van der Waals surface area contributed by atoms with Crippen LogP contribution in [0, 0.1) is 0 Å². The zero-order valence-corrected chi connectivity index (χ0v) is 15.9. The summed E-state index contributed by atoms with van der Waals surface area (Å²) in [7, 11) is 0. The van der Waals surface area contributed by atoms with Crippen molar-refractivity contribution >= 4 is 22.7 Å². The maximum absolute atomic E-state index is 13.1. The quantitative estimate of drug-likeness (QED) is 0.362. The molecular formula is C25H17F3N2. The van der Waals surface area contributed by atoms with Gasteiger partial charge in [-0.1, -0.05) is 60.7 Å². The summed E-state index contributed by atoms with van der Waals surface area (Å²) in [6, 6.07) is 25.4. The molecule has 2 heterocycles. The first-order valence-corrected chi connectivity index (χ1v) is 9.60. The highest BCUT2D eigenvalue weighted by molar-refractivity contribution is 6.15. The Balaban J connectivity index is 1.67. The summed E-state index contributed by atoms with van der Waals surface area (Å²) in [5.74, 6) is 0. The van der Waals surface area contributed by atoms with Gasteiger partial charge in [-0.3, -0.25) is 0 Å². The van der Waals surface area contributed by atoms with E-state index in [1.165, 1.54) is 6.07 Å². The molecule has 0 fully saturated rings. The van der Waals surface area contributed by atoms with E-state index in [-0.39, 0.29) is 0 Å². The van der Waals surface area contributed by atoms with Gasteiger partial charge in [0.15, 0.2) is 0 Å². The standard InChI is InChI=1S/C25H17F3N2/c26-25(27,28)20-11-6-7-17(13-20)14-21-16-30-22-12-5-4-10-19(22)15-23(30)24(29-21)18-8-2-1-3-9-18/h1-15H,16H2/b21-14-. The van der Waals surface area contributed by atoms with Crippen molar-refractivity contribution in [1.29, 1.82) is 0 Å². The smallest absolute Gasteiger partial charge is 0.333 e. The molecule has 2 nitrogen and oxygen atoms in total. The zero-order chi connectivity index (χ0) is 20.7. The predicted molar refractivity (Wildman–Crippen MR) is 113 cm³/mol. The Morgan fingerprint density at radius 2 is 1.60 bits per heavy atom. The number of alkyl halides is 3. The molecule has 3 aromatic carbocycles. The number of aromatic nitrogens is 1. The minimum absolute atomic E-state index is 0.482. The third kappa shape index (κ3) is 3.32. The highest BCUT2D eigenvalue weighted by Gasteiger charge is 2.30. The second-order valence-electron chi connectivity index (χ2n) is 7.26. The van der Waals surface area contributed by atoms with Crippen molar-refractivity contribution in [3.63, 3.8) is 0 Å². The topological polar surface area (TPSA) is 17.3 Å². The Morgan fingerprint density at radius 1 is 0.833 bits per heavy atom. The molecule has 1 aliphatic rings. The second-order valence-corrected chi connectivity index (χ2v) is 7.26. The van der Waals surface area contributed by atoms with Crippen molar-refractivity contribution in [3.8, 4) is 0 Å². The second kappa shape index (κ2) is 7.02. The van der Waals surface area contributed by atoms with Crippen LogP contribution >= 0.6 is 0 Å². The molecule has 30 heavy (non-hydrogen) atoms. The summed E-state index contributed by atoms with van der Waals surface area (Å²) in [5.41, 5.74) is 4.40. The van der Waals surface area contributed by atoms with E-state index in [9.17, 15) is 13.2 Å². The monoisotopic (exact) mass is 402 g/mol. The number of hydrogen-bond donors (Lipinski definition) is 0. The summed E-state index contributed by atoms with van der Waals surface area (Å²) in [5, 5.41) is 1.11. The number of halogens is 3. The van der Waals surface area contributed by atoms with Gasteiger partial charge in [0.1, 0.15) is 0 Å². The lowest BCUT2D eigenvalue weighted by Gasteiger charge is -2.20. The normalized spacial score (nSPS) is 15.3. The molecule has 0 atom stereocenters. The van der Waals surface area contributed by atoms with Gasteiger partial charge in [0.2, 0.25) is 0 Å². The van der Waals surface area contributed by atoms with Crippen molar-refractivity contribution in [3.05, 3.63) is 113 Å². The van der Waals surface area contributed by atoms with E-state index in [1.807, 2.05) is 42.5 Å². The number of fused-ring (bicyclic) bond motifs is 3. The van der Waals surface area contributed by atoms with E-state index >= 15 is 0 Å². The summed E-state index contributed by atoms with van der Waals surface area (Å²) in [6.07, 6.45) is -2.64. The van der Waals surface area contributed by atoms with Crippen molar-refractivity contribution in [2.45, 2.75) is 12.7 Å². The summed E-state index contributed by atoms with van der Waals surface area (Å²) in [4.78, 5) is 4.85. The first-order valence-electron chi connectivity index (χ1n) is 9.60. The Hall–Kier alpha value is -3.60. The number of allylic oxidation sites excluding steroid dienone is 1. The molecule has 5 heteroatoms. The van der Waals surface area contributed by atoms with Crippen LogP contribution in [0.4, 0.5) is 13.2 Å². The number of nitrogens with zero attached hydrogens (tertiary/aromatic N) is 2. The van der Waals surface area contributed by atoms with Crippen LogP contribution in [0.5, 0.6) is 0 Å². The molecule has 148 valence electrons. The molecule has 0 amide bonds. The molecule has 1 aromatic heterocycles. The van der Waals surface area contributed by atoms with Gasteiger partial charge in [-0.25, -0.2) is 4.99 Å². The molecule has 0 saturated heterocycles. The summed E-state index contributed by atoms with van der Waals surface area (Å²) >= 11 is 0. The van der Waals surface area contributed by atoms with Gasteiger partial charge in [0.05, 0.1) is 29.2 Å². The molecular weight excluding hydrogens is 385 g/mol. The zero-order valence-electron chi connectivity index (χ0n) is 15.9. The molecule has 0 radical (unpaired) electrons. The van der Waals surface area contributed by atoms with Crippen LogP contribution in [0.15, 0.2) is 95.6 Å². The molecule has 0 bridgehead atoms. The third-order valence-corrected chi connectivity index (χ3v) is 5.22. The fourth-order valence-electron chi connectivity index (χ4n) is 3.86. The van der Waals surface area contributed by atoms with E-state index in [0.29, 0.717) is 17.8 Å². The predicted octanol–water partition coefficient (Wildman–Crippen LogP) is 6.55. The SMILES string of the molecule is FC(F)(F)c1cccc(/C=C2/Cn3c(cc4ccccc43)C(c3ccccc3)=N2)c1. The highest BCUT2D eigenvalue weighted by atomic mass is 19.4. The van der Waals surface area contributed by atoms with Gasteiger partial charge in [-0.15, -0.1) is 0 Å². The van der Waals surface area contributed by atoms with E-state index in [4.69, 9.17) is 4.99 Å². The number of hydrogen-bond acceptors (Lipinski definition) is 1. The molecule has 0 spiro atoms. The maximum atomic E-state index is 13.1. The molecule has 0 saturated carbocycles. The van der Waals surface area contributed by atoms with Crippen molar-refractivity contribution < 1.29 is 13.2 Å². The minimum atomic E-state index is -4.37. The largest absolute Gasteiger partial charge is 0.416 e. The van der Waals surface area contributed by atoms with Crippen LogP contribution in [0.3, 0.4) is 0 Å². The third-order valence-electron chi connectivity index (χ3n) is 5.22.